The molecular formula is C18H19N3OS2. The molecule has 1 aromatic carbocycles. The van der Waals surface area contributed by atoms with Crippen LogP contribution in [0.3, 0.4) is 0 Å². The van der Waals surface area contributed by atoms with Gasteiger partial charge in [0.15, 0.2) is 11.0 Å². The SMILES string of the molecule is c1ccc(CSc2nnc(-c3cccs3)n2CC2CCCO2)cc1. The van der Waals surface area contributed by atoms with E-state index >= 15 is 0 Å². The lowest BCUT2D eigenvalue weighted by atomic mass is 10.2. The Labute approximate surface area is 149 Å². The predicted molar refractivity (Wildman–Crippen MR) is 98.3 cm³/mol. The summed E-state index contributed by atoms with van der Waals surface area (Å²) in [7, 11) is 0. The third kappa shape index (κ3) is 3.55. The van der Waals surface area contributed by atoms with Gasteiger partial charge in [0.05, 0.1) is 17.5 Å². The molecule has 4 rings (SSSR count). The molecule has 1 saturated heterocycles. The van der Waals surface area contributed by atoms with Crippen molar-refractivity contribution in [3.8, 4) is 10.7 Å². The fourth-order valence-electron chi connectivity index (χ4n) is 2.86. The molecule has 4 nitrogen and oxygen atoms in total. The molecule has 3 aromatic rings. The van der Waals surface area contributed by atoms with E-state index in [4.69, 9.17) is 4.74 Å². The van der Waals surface area contributed by atoms with Crippen molar-refractivity contribution in [1.82, 2.24) is 14.8 Å². The molecule has 124 valence electrons. The summed E-state index contributed by atoms with van der Waals surface area (Å²) in [5.74, 6) is 1.85. The van der Waals surface area contributed by atoms with Gasteiger partial charge in [-0.1, -0.05) is 48.2 Å². The average Bonchev–Trinajstić information content (AvgIpc) is 3.37. The van der Waals surface area contributed by atoms with Crippen molar-refractivity contribution in [2.45, 2.75) is 36.4 Å². The summed E-state index contributed by atoms with van der Waals surface area (Å²) in [5, 5.41) is 12.0. The van der Waals surface area contributed by atoms with Crippen LogP contribution in [0.4, 0.5) is 0 Å². The van der Waals surface area contributed by atoms with Crippen LogP contribution in [0, 0.1) is 0 Å². The van der Waals surface area contributed by atoms with Crippen LogP contribution in [0.15, 0.2) is 53.0 Å². The average molecular weight is 358 g/mol. The summed E-state index contributed by atoms with van der Waals surface area (Å²) < 4.78 is 8.07. The number of thiophene rings is 1. The quantitative estimate of drug-likeness (QED) is 0.610. The molecule has 1 fully saturated rings. The van der Waals surface area contributed by atoms with Gasteiger partial charge in [-0.15, -0.1) is 21.5 Å². The van der Waals surface area contributed by atoms with Crippen molar-refractivity contribution in [3.63, 3.8) is 0 Å². The van der Waals surface area contributed by atoms with E-state index in [1.807, 2.05) is 6.07 Å². The maximum atomic E-state index is 5.83. The number of nitrogens with zero attached hydrogens (tertiary/aromatic N) is 3. The Bertz CT molecular complexity index is 765. The van der Waals surface area contributed by atoms with E-state index in [0.29, 0.717) is 0 Å². The smallest absolute Gasteiger partial charge is 0.191 e. The maximum absolute atomic E-state index is 5.83. The highest BCUT2D eigenvalue weighted by Crippen LogP contribution is 2.30. The van der Waals surface area contributed by atoms with Crippen LogP contribution in [-0.2, 0) is 17.0 Å². The Hall–Kier alpha value is -1.63. The van der Waals surface area contributed by atoms with E-state index in [1.165, 1.54) is 5.56 Å². The summed E-state index contributed by atoms with van der Waals surface area (Å²) in [5.41, 5.74) is 1.30. The summed E-state index contributed by atoms with van der Waals surface area (Å²) in [6, 6.07) is 14.6. The molecule has 1 aliphatic rings. The first kappa shape index (κ1) is 15.9. The Kier molecular flexibility index (Phi) is 4.96. The highest BCUT2D eigenvalue weighted by Gasteiger charge is 2.22. The van der Waals surface area contributed by atoms with Crippen LogP contribution >= 0.6 is 23.1 Å². The van der Waals surface area contributed by atoms with Gasteiger partial charge >= 0.3 is 0 Å². The lowest BCUT2D eigenvalue weighted by molar-refractivity contribution is 0.0953. The van der Waals surface area contributed by atoms with Crippen molar-refractivity contribution < 1.29 is 4.74 Å². The Morgan fingerprint density at radius 2 is 2.08 bits per heavy atom. The van der Waals surface area contributed by atoms with E-state index in [0.717, 1.165) is 47.6 Å². The number of hydrogen-bond acceptors (Lipinski definition) is 5. The van der Waals surface area contributed by atoms with Crippen molar-refractivity contribution in [2.75, 3.05) is 6.61 Å². The lowest BCUT2D eigenvalue weighted by Crippen LogP contribution is -2.16. The molecule has 2 aromatic heterocycles. The highest BCUT2D eigenvalue weighted by molar-refractivity contribution is 7.98. The number of ether oxygens (including phenoxy) is 1. The molecule has 0 N–H and O–H groups in total. The third-order valence-electron chi connectivity index (χ3n) is 4.08. The maximum Gasteiger partial charge on any atom is 0.191 e. The van der Waals surface area contributed by atoms with Crippen LogP contribution in [0.1, 0.15) is 18.4 Å². The molecule has 1 unspecified atom stereocenters. The summed E-state index contributed by atoms with van der Waals surface area (Å²) >= 11 is 3.44. The molecule has 1 aliphatic heterocycles. The van der Waals surface area contributed by atoms with E-state index < -0.39 is 0 Å². The molecular weight excluding hydrogens is 338 g/mol. The largest absolute Gasteiger partial charge is 0.376 e. The zero-order valence-electron chi connectivity index (χ0n) is 13.3. The first-order valence-electron chi connectivity index (χ1n) is 8.15. The van der Waals surface area contributed by atoms with Gasteiger partial charge in [-0.25, -0.2) is 0 Å². The molecule has 0 radical (unpaired) electrons. The molecule has 6 heteroatoms. The fraction of sp³-hybridized carbons (Fsp3) is 0.333. The second kappa shape index (κ2) is 7.51. The van der Waals surface area contributed by atoms with E-state index in [2.05, 4.69) is 56.5 Å². The lowest BCUT2D eigenvalue weighted by Gasteiger charge is -2.14. The van der Waals surface area contributed by atoms with Gasteiger partial charge in [0.25, 0.3) is 0 Å². The van der Waals surface area contributed by atoms with Gasteiger partial charge < -0.3 is 4.74 Å². The predicted octanol–water partition coefficient (Wildman–Crippen LogP) is 4.48. The number of hydrogen-bond donors (Lipinski definition) is 0. The van der Waals surface area contributed by atoms with Gasteiger partial charge in [0.2, 0.25) is 0 Å². The van der Waals surface area contributed by atoms with Crippen LogP contribution in [-0.4, -0.2) is 27.5 Å². The molecule has 0 bridgehead atoms. The van der Waals surface area contributed by atoms with E-state index in [1.54, 1.807) is 23.1 Å². The van der Waals surface area contributed by atoms with Crippen molar-refractivity contribution in [3.05, 3.63) is 53.4 Å². The van der Waals surface area contributed by atoms with Gasteiger partial charge in [0.1, 0.15) is 0 Å². The van der Waals surface area contributed by atoms with Crippen LogP contribution in [0.25, 0.3) is 10.7 Å². The molecule has 1 atom stereocenters. The third-order valence-corrected chi connectivity index (χ3v) is 5.98. The molecule has 0 aliphatic carbocycles. The molecule has 0 amide bonds. The number of benzene rings is 1. The number of rotatable bonds is 6. The van der Waals surface area contributed by atoms with Crippen LogP contribution in [0.2, 0.25) is 0 Å². The fourth-order valence-corrected chi connectivity index (χ4v) is 4.48. The number of aromatic nitrogens is 3. The van der Waals surface area contributed by atoms with E-state index in [-0.39, 0.29) is 6.10 Å². The summed E-state index contributed by atoms with van der Waals surface area (Å²) in [6.45, 7) is 1.70. The summed E-state index contributed by atoms with van der Waals surface area (Å²) in [4.78, 5) is 1.16. The van der Waals surface area contributed by atoms with Crippen molar-refractivity contribution in [2.24, 2.45) is 0 Å². The zero-order chi connectivity index (χ0) is 16.2. The van der Waals surface area contributed by atoms with Gasteiger partial charge in [-0.2, -0.15) is 0 Å². The second-order valence-corrected chi connectivity index (χ2v) is 7.69. The molecule has 3 heterocycles. The minimum absolute atomic E-state index is 0.274. The van der Waals surface area contributed by atoms with Crippen molar-refractivity contribution in [1.29, 1.82) is 0 Å². The van der Waals surface area contributed by atoms with Crippen LogP contribution < -0.4 is 0 Å². The molecule has 0 spiro atoms. The molecule has 0 saturated carbocycles. The first-order valence-corrected chi connectivity index (χ1v) is 10.0. The standard InChI is InChI=1S/C18H19N3OS2/c1-2-6-14(7-3-1)13-24-18-20-19-17(16-9-5-11-23-16)21(18)12-15-8-4-10-22-15/h1-3,5-7,9,11,15H,4,8,10,12-13H2. The minimum atomic E-state index is 0.274. The highest BCUT2D eigenvalue weighted by atomic mass is 32.2. The van der Waals surface area contributed by atoms with Crippen molar-refractivity contribution >= 4 is 23.1 Å². The Morgan fingerprint density at radius 3 is 2.83 bits per heavy atom. The Balaban J connectivity index is 1.58. The van der Waals surface area contributed by atoms with Gasteiger partial charge in [-0.05, 0) is 29.9 Å². The zero-order valence-corrected chi connectivity index (χ0v) is 14.9. The van der Waals surface area contributed by atoms with Gasteiger partial charge in [0, 0.05) is 12.4 Å². The Morgan fingerprint density at radius 1 is 1.17 bits per heavy atom. The second-order valence-electron chi connectivity index (χ2n) is 5.80. The molecule has 24 heavy (non-hydrogen) atoms. The van der Waals surface area contributed by atoms with Crippen LogP contribution in [0.5, 0.6) is 0 Å². The van der Waals surface area contributed by atoms with E-state index in [9.17, 15) is 0 Å². The van der Waals surface area contributed by atoms with Gasteiger partial charge in [-0.3, -0.25) is 4.57 Å². The minimum Gasteiger partial charge on any atom is -0.376 e. The summed E-state index contributed by atoms with van der Waals surface area (Å²) in [6.07, 6.45) is 2.54. The number of thioether (sulfide) groups is 1. The monoisotopic (exact) mass is 357 g/mol. The normalized spacial score (nSPS) is 17.4. The topological polar surface area (TPSA) is 39.9 Å². The first-order chi connectivity index (χ1) is 11.9.